The summed E-state index contributed by atoms with van der Waals surface area (Å²) in [7, 11) is 0. The fraction of sp³-hybridized carbons (Fsp3) is 0.125. The number of para-hydroxylation sites is 1. The molecule has 34 heavy (non-hydrogen) atoms. The zero-order valence-electron chi connectivity index (χ0n) is 17.8. The summed E-state index contributed by atoms with van der Waals surface area (Å²) in [4.78, 5) is 12.4. The van der Waals surface area contributed by atoms with E-state index in [2.05, 4.69) is 43.4 Å². The van der Waals surface area contributed by atoms with Crippen LogP contribution in [0, 0.1) is 3.57 Å². The van der Waals surface area contributed by atoms with Crippen LogP contribution in [0.3, 0.4) is 0 Å². The minimum Gasteiger partial charge on any atom is -0.378 e. The van der Waals surface area contributed by atoms with E-state index >= 15 is 0 Å². The number of halogens is 3. The van der Waals surface area contributed by atoms with Gasteiger partial charge in [0.25, 0.3) is 0 Å². The first-order valence-electron chi connectivity index (χ1n) is 10.4. The van der Waals surface area contributed by atoms with Gasteiger partial charge in [0.15, 0.2) is 11.0 Å². The summed E-state index contributed by atoms with van der Waals surface area (Å²) in [6.45, 7) is 0.511. The first-order valence-corrected chi connectivity index (χ1v) is 13.2. The lowest BCUT2D eigenvalue weighted by Crippen LogP contribution is -2.13. The molecule has 0 saturated heterocycles. The van der Waals surface area contributed by atoms with Crippen molar-refractivity contribution >= 4 is 74.8 Å². The van der Waals surface area contributed by atoms with Crippen molar-refractivity contribution in [1.29, 1.82) is 0 Å². The van der Waals surface area contributed by atoms with Crippen molar-refractivity contribution in [3.63, 3.8) is 0 Å². The van der Waals surface area contributed by atoms with Crippen LogP contribution in [-0.2, 0) is 11.3 Å². The smallest absolute Gasteiger partial charge is 0.225 e. The van der Waals surface area contributed by atoms with E-state index in [1.807, 2.05) is 59.2 Å². The van der Waals surface area contributed by atoms with Crippen LogP contribution < -0.4 is 10.6 Å². The van der Waals surface area contributed by atoms with Crippen LogP contribution in [0.4, 0.5) is 11.4 Å². The largest absolute Gasteiger partial charge is 0.378 e. The number of carbonyl (C=O) groups is 1. The molecular weight excluding hydrogens is 604 g/mol. The van der Waals surface area contributed by atoms with Crippen LogP contribution in [0.25, 0.3) is 5.69 Å². The predicted molar refractivity (Wildman–Crippen MR) is 148 cm³/mol. The number of amides is 1. The van der Waals surface area contributed by atoms with E-state index in [1.54, 1.807) is 18.2 Å². The molecule has 1 amide bonds. The van der Waals surface area contributed by atoms with E-state index in [4.69, 9.17) is 23.2 Å². The third kappa shape index (κ3) is 6.65. The maximum atomic E-state index is 12.4. The molecule has 0 spiro atoms. The van der Waals surface area contributed by atoms with E-state index in [0.717, 1.165) is 22.4 Å². The Labute approximate surface area is 225 Å². The molecule has 0 aliphatic carbocycles. The Bertz CT molecular complexity index is 1270. The maximum Gasteiger partial charge on any atom is 0.225 e. The Balaban J connectivity index is 1.43. The average Bonchev–Trinajstić information content (AvgIpc) is 3.24. The molecule has 0 saturated carbocycles. The fourth-order valence-corrected chi connectivity index (χ4v) is 4.74. The molecule has 1 heterocycles. The second kappa shape index (κ2) is 11.9. The van der Waals surface area contributed by atoms with Gasteiger partial charge < -0.3 is 10.6 Å². The quantitative estimate of drug-likeness (QED) is 0.157. The number of hydrogen-bond donors (Lipinski definition) is 2. The molecule has 3 aromatic carbocycles. The number of anilines is 2. The zero-order valence-corrected chi connectivity index (χ0v) is 22.3. The van der Waals surface area contributed by atoms with Gasteiger partial charge >= 0.3 is 0 Å². The second-order valence-electron chi connectivity index (χ2n) is 7.20. The fourth-order valence-electron chi connectivity index (χ4n) is 3.13. The van der Waals surface area contributed by atoms with E-state index in [0.29, 0.717) is 28.0 Å². The maximum absolute atomic E-state index is 12.4. The standard InChI is InChI=1S/C24H20Cl2IN5OS/c25-16-6-11-20(26)21(14-16)29-23(33)12-13-34-24-31-30-22(32(24)19-4-2-1-3-5-19)15-28-18-9-7-17(27)8-10-18/h1-11,14,28H,12-13,15H2,(H,29,33). The molecule has 0 aliphatic rings. The Morgan fingerprint density at radius 3 is 2.53 bits per heavy atom. The van der Waals surface area contributed by atoms with Crippen molar-refractivity contribution in [3.05, 3.63) is 92.2 Å². The van der Waals surface area contributed by atoms with Crippen molar-refractivity contribution in [2.45, 2.75) is 18.1 Å². The van der Waals surface area contributed by atoms with Crippen LogP contribution in [0.1, 0.15) is 12.2 Å². The van der Waals surface area contributed by atoms with Gasteiger partial charge in [0.2, 0.25) is 5.91 Å². The predicted octanol–water partition coefficient (Wildman–Crippen LogP) is 6.91. The summed E-state index contributed by atoms with van der Waals surface area (Å²) in [5, 5.41) is 16.7. The molecule has 6 nitrogen and oxygen atoms in total. The van der Waals surface area contributed by atoms with Gasteiger partial charge in [0.1, 0.15) is 0 Å². The van der Waals surface area contributed by atoms with Gasteiger partial charge in [0.05, 0.1) is 17.3 Å². The van der Waals surface area contributed by atoms with E-state index in [-0.39, 0.29) is 12.3 Å². The lowest BCUT2D eigenvalue weighted by molar-refractivity contribution is -0.115. The van der Waals surface area contributed by atoms with Crippen LogP contribution in [0.2, 0.25) is 10.0 Å². The zero-order chi connectivity index (χ0) is 23.9. The van der Waals surface area contributed by atoms with E-state index in [9.17, 15) is 4.79 Å². The third-order valence-corrected chi connectivity index (χ3v) is 6.99. The van der Waals surface area contributed by atoms with Crippen LogP contribution >= 0.6 is 57.6 Å². The highest BCUT2D eigenvalue weighted by Crippen LogP contribution is 2.27. The molecule has 1 aromatic heterocycles. The molecule has 4 aromatic rings. The number of hydrogen-bond acceptors (Lipinski definition) is 5. The number of thioether (sulfide) groups is 1. The highest BCUT2D eigenvalue weighted by molar-refractivity contribution is 14.1. The minimum absolute atomic E-state index is 0.150. The molecule has 0 unspecified atom stereocenters. The number of aromatic nitrogens is 3. The molecular formula is C24H20Cl2IN5OS. The number of rotatable bonds is 9. The minimum atomic E-state index is -0.150. The number of nitrogens with zero attached hydrogens (tertiary/aromatic N) is 3. The van der Waals surface area contributed by atoms with Gasteiger partial charge in [-0.1, -0.05) is 53.2 Å². The Morgan fingerprint density at radius 1 is 1.00 bits per heavy atom. The van der Waals surface area contributed by atoms with Gasteiger partial charge in [-0.25, -0.2) is 0 Å². The molecule has 0 aliphatic heterocycles. The number of nitrogens with one attached hydrogen (secondary N) is 2. The SMILES string of the molecule is O=C(CCSc1nnc(CNc2ccc(I)cc2)n1-c1ccccc1)Nc1cc(Cl)ccc1Cl. The third-order valence-electron chi connectivity index (χ3n) is 4.77. The summed E-state index contributed by atoms with van der Waals surface area (Å²) < 4.78 is 3.19. The molecule has 10 heteroatoms. The molecule has 174 valence electrons. The van der Waals surface area contributed by atoms with Crippen molar-refractivity contribution in [2.24, 2.45) is 0 Å². The second-order valence-corrected chi connectivity index (χ2v) is 10.4. The number of carbonyl (C=O) groups excluding carboxylic acids is 1. The molecule has 0 atom stereocenters. The molecule has 0 radical (unpaired) electrons. The van der Waals surface area contributed by atoms with Gasteiger partial charge in [0, 0.05) is 32.1 Å². The Kier molecular flexibility index (Phi) is 8.71. The van der Waals surface area contributed by atoms with Crippen molar-refractivity contribution in [3.8, 4) is 5.69 Å². The Morgan fingerprint density at radius 2 is 1.76 bits per heavy atom. The summed E-state index contributed by atoms with van der Waals surface area (Å²) in [5.74, 6) is 1.16. The molecule has 0 bridgehead atoms. The normalized spacial score (nSPS) is 10.8. The summed E-state index contributed by atoms with van der Waals surface area (Å²) >= 11 is 15.9. The highest BCUT2D eigenvalue weighted by Gasteiger charge is 2.15. The van der Waals surface area contributed by atoms with E-state index in [1.165, 1.54) is 15.3 Å². The molecule has 2 N–H and O–H groups in total. The topological polar surface area (TPSA) is 71.8 Å². The lowest BCUT2D eigenvalue weighted by Gasteiger charge is -2.12. The first-order chi connectivity index (χ1) is 16.5. The van der Waals surface area contributed by atoms with Gasteiger partial charge in [-0.2, -0.15) is 0 Å². The van der Waals surface area contributed by atoms with Gasteiger partial charge in [-0.05, 0) is 77.2 Å². The molecule has 4 rings (SSSR count). The van der Waals surface area contributed by atoms with Crippen molar-refractivity contribution in [2.75, 3.05) is 16.4 Å². The summed E-state index contributed by atoms with van der Waals surface area (Å²) in [6, 6.07) is 23.1. The highest BCUT2D eigenvalue weighted by atomic mass is 127. The van der Waals surface area contributed by atoms with Crippen LogP contribution in [0.15, 0.2) is 78.0 Å². The Hall–Kier alpha value is -2.27. The monoisotopic (exact) mass is 623 g/mol. The van der Waals surface area contributed by atoms with Crippen molar-refractivity contribution < 1.29 is 4.79 Å². The van der Waals surface area contributed by atoms with Crippen LogP contribution in [-0.4, -0.2) is 26.4 Å². The summed E-state index contributed by atoms with van der Waals surface area (Å²) in [5.41, 5.74) is 2.47. The van der Waals surface area contributed by atoms with Gasteiger partial charge in [-0.15, -0.1) is 10.2 Å². The first kappa shape index (κ1) is 24.8. The van der Waals surface area contributed by atoms with Crippen LogP contribution in [0.5, 0.6) is 0 Å². The average molecular weight is 624 g/mol. The van der Waals surface area contributed by atoms with Gasteiger partial charge in [-0.3, -0.25) is 9.36 Å². The summed E-state index contributed by atoms with van der Waals surface area (Å²) in [6.07, 6.45) is 0.283. The van der Waals surface area contributed by atoms with E-state index < -0.39 is 0 Å². The van der Waals surface area contributed by atoms with Crippen molar-refractivity contribution in [1.82, 2.24) is 14.8 Å². The molecule has 0 fully saturated rings. The lowest BCUT2D eigenvalue weighted by atomic mass is 10.3. The number of benzene rings is 3.